The predicted molar refractivity (Wildman–Crippen MR) is 202 cm³/mol. The molecule has 3 heterocycles. The number of nitrogens with zero attached hydrogens (tertiary/aromatic N) is 5. The highest BCUT2D eigenvalue weighted by molar-refractivity contribution is 7.00. The molecule has 9 aromatic rings. The van der Waals surface area contributed by atoms with Gasteiger partial charge in [0.15, 0.2) is 5.82 Å². The number of hydrogen-bond donors (Lipinski definition) is 0. The van der Waals surface area contributed by atoms with Gasteiger partial charge in [-0.3, -0.25) is 0 Å². The van der Waals surface area contributed by atoms with Crippen LogP contribution in [0.15, 0.2) is 140 Å². The largest absolute Gasteiger partial charge is 0.247 e. The Morgan fingerprint density at radius 1 is 0.449 bits per heavy atom. The van der Waals surface area contributed by atoms with Crippen molar-refractivity contribution in [2.75, 3.05) is 0 Å². The maximum atomic E-state index is 5.17. The summed E-state index contributed by atoms with van der Waals surface area (Å²) in [7, 11) is 0. The van der Waals surface area contributed by atoms with Crippen molar-refractivity contribution < 1.29 is 0 Å². The minimum atomic E-state index is 0.704. The van der Waals surface area contributed by atoms with Crippen LogP contribution in [0.5, 0.6) is 0 Å². The Labute approximate surface area is 288 Å². The van der Waals surface area contributed by atoms with Crippen molar-refractivity contribution in [2.24, 2.45) is 0 Å². The van der Waals surface area contributed by atoms with Crippen molar-refractivity contribution in [2.45, 2.75) is 13.8 Å². The monoisotopic (exact) mass is 647 g/mol. The average molecular weight is 648 g/mol. The van der Waals surface area contributed by atoms with Crippen molar-refractivity contribution >= 4 is 44.4 Å². The van der Waals surface area contributed by atoms with Crippen molar-refractivity contribution in [1.29, 1.82) is 0 Å². The van der Waals surface area contributed by atoms with E-state index in [1.54, 1.807) is 0 Å². The third kappa shape index (κ3) is 5.23. The molecule has 0 bridgehead atoms. The lowest BCUT2D eigenvalue weighted by molar-refractivity contribution is 1.18. The Morgan fingerprint density at radius 2 is 1.02 bits per heavy atom. The quantitative estimate of drug-likeness (QED) is 0.174. The number of pyridine rings is 1. The Kier molecular flexibility index (Phi) is 7.03. The first kappa shape index (κ1) is 29.1. The first-order valence-corrected chi connectivity index (χ1v) is 17.0. The van der Waals surface area contributed by atoms with E-state index < -0.39 is 0 Å². The fraction of sp³-hybridized carbons (Fsp3) is 0.0465. The Hall–Kier alpha value is -6.11. The van der Waals surface area contributed by atoms with Gasteiger partial charge in [0.2, 0.25) is 0 Å². The molecule has 0 aliphatic heterocycles. The molecule has 0 atom stereocenters. The summed E-state index contributed by atoms with van der Waals surface area (Å²) in [6.45, 7) is 4.19. The maximum Gasteiger partial charge on any atom is 0.160 e. The van der Waals surface area contributed by atoms with E-state index in [2.05, 4.69) is 141 Å². The van der Waals surface area contributed by atoms with Gasteiger partial charge in [0, 0.05) is 44.0 Å². The highest BCUT2D eigenvalue weighted by atomic mass is 32.1. The van der Waals surface area contributed by atoms with Crippen LogP contribution in [0.25, 0.3) is 89.0 Å². The second kappa shape index (κ2) is 11.8. The van der Waals surface area contributed by atoms with Crippen molar-refractivity contribution in [3.05, 3.63) is 151 Å². The molecular weight excluding hydrogens is 619 g/mol. The van der Waals surface area contributed by atoms with E-state index in [4.69, 9.17) is 23.7 Å². The van der Waals surface area contributed by atoms with Crippen LogP contribution in [0.4, 0.5) is 0 Å². The molecule has 0 amide bonds. The number of rotatable bonds is 5. The van der Waals surface area contributed by atoms with Crippen LogP contribution in [0.2, 0.25) is 0 Å². The minimum Gasteiger partial charge on any atom is -0.247 e. The van der Waals surface area contributed by atoms with Gasteiger partial charge in [0.05, 0.1) is 34.3 Å². The normalized spacial score (nSPS) is 11.5. The van der Waals surface area contributed by atoms with Crippen LogP contribution in [0.3, 0.4) is 0 Å². The summed E-state index contributed by atoms with van der Waals surface area (Å²) < 4.78 is 9.68. The SMILES string of the molecule is Cc1ccc(-c2cc(-c3ccc(-c4cc5c(-c6ccccc6)nc6ccccc6c5c5nsnc45)cc3)nc(-c3ccc(C)cc3)n2)cc1. The highest BCUT2D eigenvalue weighted by Gasteiger charge is 2.19. The molecule has 3 aromatic heterocycles. The van der Waals surface area contributed by atoms with Gasteiger partial charge in [-0.25, -0.2) is 15.0 Å². The molecule has 0 aliphatic rings. The molecule has 6 heteroatoms. The van der Waals surface area contributed by atoms with Crippen LogP contribution >= 0.6 is 11.7 Å². The summed E-state index contributed by atoms with van der Waals surface area (Å²) in [4.78, 5) is 15.2. The highest BCUT2D eigenvalue weighted by Crippen LogP contribution is 2.41. The van der Waals surface area contributed by atoms with Crippen LogP contribution < -0.4 is 0 Å². The fourth-order valence-corrected chi connectivity index (χ4v) is 7.09. The molecule has 0 aliphatic carbocycles. The van der Waals surface area contributed by atoms with Gasteiger partial charge in [-0.2, -0.15) is 8.75 Å². The molecule has 0 fully saturated rings. The van der Waals surface area contributed by atoms with E-state index in [1.807, 2.05) is 12.1 Å². The van der Waals surface area contributed by atoms with E-state index in [1.165, 1.54) is 22.9 Å². The van der Waals surface area contributed by atoms with Crippen molar-refractivity contribution in [3.63, 3.8) is 0 Å². The van der Waals surface area contributed by atoms with Gasteiger partial charge in [-0.05, 0) is 37.6 Å². The summed E-state index contributed by atoms with van der Waals surface area (Å²) in [5.41, 5.74) is 14.1. The molecule has 0 radical (unpaired) electrons. The number of fused-ring (bicyclic) bond motifs is 5. The Balaban J connectivity index is 1.20. The standard InChI is InChI=1S/C43H29N5S/c1-26-12-16-29(17-13-26)37-25-38(46-43(45-37)32-18-14-27(2)15-19-32)30-22-20-28(21-23-30)34-24-35-39(42-41(34)47-49-48-42)33-10-6-7-11-36(33)44-40(35)31-8-4-3-5-9-31/h3-25H,1-2H3. The van der Waals surface area contributed by atoms with Gasteiger partial charge in [-0.1, -0.05) is 132 Å². The van der Waals surface area contributed by atoms with Crippen LogP contribution in [-0.4, -0.2) is 23.7 Å². The Morgan fingerprint density at radius 3 is 1.71 bits per heavy atom. The average Bonchev–Trinajstić information content (AvgIpc) is 3.65. The molecule has 0 unspecified atom stereocenters. The zero-order valence-electron chi connectivity index (χ0n) is 26.9. The summed E-state index contributed by atoms with van der Waals surface area (Å²) in [6.07, 6.45) is 0. The van der Waals surface area contributed by atoms with Gasteiger partial charge in [0.25, 0.3) is 0 Å². The zero-order chi connectivity index (χ0) is 32.9. The maximum absolute atomic E-state index is 5.17. The van der Waals surface area contributed by atoms with Crippen LogP contribution in [0.1, 0.15) is 11.1 Å². The molecule has 5 nitrogen and oxygen atoms in total. The van der Waals surface area contributed by atoms with Gasteiger partial charge in [-0.15, -0.1) is 0 Å². The number of aryl methyl sites for hydroxylation is 2. The smallest absolute Gasteiger partial charge is 0.160 e. The third-order valence-corrected chi connectivity index (χ3v) is 9.65. The lowest BCUT2D eigenvalue weighted by Crippen LogP contribution is -1.96. The van der Waals surface area contributed by atoms with Crippen molar-refractivity contribution in [1.82, 2.24) is 23.7 Å². The molecule has 49 heavy (non-hydrogen) atoms. The molecule has 0 saturated carbocycles. The first-order valence-electron chi connectivity index (χ1n) is 16.3. The minimum absolute atomic E-state index is 0.704. The van der Waals surface area contributed by atoms with Crippen LogP contribution in [0, 0.1) is 13.8 Å². The first-order chi connectivity index (χ1) is 24.1. The van der Waals surface area contributed by atoms with E-state index in [-0.39, 0.29) is 0 Å². The van der Waals surface area contributed by atoms with Gasteiger partial charge in [0.1, 0.15) is 11.0 Å². The lowest BCUT2D eigenvalue weighted by atomic mass is 9.93. The van der Waals surface area contributed by atoms with Gasteiger partial charge >= 0.3 is 0 Å². The summed E-state index contributed by atoms with van der Waals surface area (Å²) in [5.74, 6) is 0.704. The van der Waals surface area contributed by atoms with Crippen LogP contribution in [-0.2, 0) is 0 Å². The lowest BCUT2D eigenvalue weighted by Gasteiger charge is -2.13. The molecule has 0 spiro atoms. The summed E-state index contributed by atoms with van der Waals surface area (Å²) in [5, 5.41) is 3.22. The number of benzene rings is 6. The number of aromatic nitrogens is 5. The number of para-hydroxylation sites is 1. The third-order valence-electron chi connectivity index (χ3n) is 9.12. The molecule has 6 aromatic carbocycles. The van der Waals surface area contributed by atoms with E-state index >= 15 is 0 Å². The van der Waals surface area contributed by atoms with Crippen molar-refractivity contribution in [3.8, 4) is 56.3 Å². The van der Waals surface area contributed by atoms with E-state index in [0.29, 0.717) is 5.82 Å². The molecule has 9 rings (SSSR count). The molecule has 0 saturated heterocycles. The second-order valence-corrected chi connectivity index (χ2v) is 13.0. The summed E-state index contributed by atoms with van der Waals surface area (Å²) >= 11 is 1.25. The topological polar surface area (TPSA) is 64.5 Å². The second-order valence-electron chi connectivity index (χ2n) is 12.4. The van der Waals surface area contributed by atoms with E-state index in [9.17, 15) is 0 Å². The molecule has 232 valence electrons. The zero-order valence-corrected chi connectivity index (χ0v) is 27.7. The fourth-order valence-electron chi connectivity index (χ4n) is 6.52. The number of hydrogen-bond acceptors (Lipinski definition) is 6. The Bertz CT molecular complexity index is 2580. The molecule has 0 N–H and O–H groups in total. The van der Waals surface area contributed by atoms with Gasteiger partial charge < -0.3 is 0 Å². The predicted octanol–water partition coefficient (Wildman–Crippen LogP) is 11.1. The molecular formula is C43H29N5S. The summed E-state index contributed by atoms with van der Waals surface area (Å²) in [6, 6.07) is 48.5. The van der Waals surface area contributed by atoms with E-state index in [0.717, 1.165) is 83.2 Å².